The fraction of sp³-hybridized carbons (Fsp3) is 0.647. The fourth-order valence-corrected chi connectivity index (χ4v) is 3.82. The van der Waals surface area contributed by atoms with Crippen molar-refractivity contribution in [3.63, 3.8) is 0 Å². The van der Waals surface area contributed by atoms with Crippen LogP contribution in [0.4, 0.5) is 0 Å². The molecule has 0 aromatic heterocycles. The molecule has 1 aromatic carbocycles. The molecular weight excluding hydrogens is 264 g/mol. The van der Waals surface area contributed by atoms with Gasteiger partial charge in [-0.3, -0.25) is 9.80 Å². The molecule has 1 aromatic rings. The van der Waals surface area contributed by atoms with Crippen molar-refractivity contribution in [3.05, 3.63) is 23.8 Å². The lowest BCUT2D eigenvalue weighted by atomic mass is 10.0. The highest BCUT2D eigenvalue weighted by molar-refractivity contribution is 5.42. The van der Waals surface area contributed by atoms with E-state index in [-0.39, 0.29) is 0 Å². The molecule has 4 nitrogen and oxygen atoms in total. The number of rotatable bonds is 4. The van der Waals surface area contributed by atoms with E-state index < -0.39 is 0 Å². The summed E-state index contributed by atoms with van der Waals surface area (Å²) in [6.45, 7) is 7.03. The maximum Gasteiger partial charge on any atom is 0.161 e. The molecule has 2 saturated heterocycles. The number of hydrogen-bond acceptors (Lipinski definition) is 4. The zero-order valence-electron chi connectivity index (χ0n) is 13.3. The van der Waals surface area contributed by atoms with E-state index in [2.05, 4.69) is 28.9 Å². The summed E-state index contributed by atoms with van der Waals surface area (Å²) in [7, 11) is 3.38. The average molecular weight is 290 g/mol. The summed E-state index contributed by atoms with van der Waals surface area (Å²) in [5.41, 5.74) is 1.30. The van der Waals surface area contributed by atoms with E-state index in [0.717, 1.165) is 30.6 Å². The minimum Gasteiger partial charge on any atom is -0.493 e. The molecule has 2 aliphatic rings. The van der Waals surface area contributed by atoms with Gasteiger partial charge in [0, 0.05) is 31.7 Å². The van der Waals surface area contributed by atoms with Crippen molar-refractivity contribution < 1.29 is 9.47 Å². The van der Waals surface area contributed by atoms with Crippen LogP contribution in [0.2, 0.25) is 0 Å². The highest BCUT2D eigenvalue weighted by Gasteiger charge is 2.36. The Morgan fingerprint density at radius 3 is 2.67 bits per heavy atom. The standard InChI is InChI=1S/C17H26N2O2/c1-13-15-5-4-8-18(15)9-10-19(13)12-14-6-7-16(20-2)17(11-14)21-3/h6-7,11,13,15H,4-5,8-10,12H2,1-3H3/t13-,15+/m1/s1. The Balaban J connectivity index is 1.71. The first-order chi connectivity index (χ1) is 10.2. The lowest BCUT2D eigenvalue weighted by Crippen LogP contribution is -2.55. The van der Waals surface area contributed by atoms with Crippen LogP contribution in [0, 0.1) is 0 Å². The second kappa shape index (κ2) is 6.24. The molecule has 4 heteroatoms. The van der Waals surface area contributed by atoms with Crippen molar-refractivity contribution in [2.45, 2.75) is 38.4 Å². The molecule has 0 bridgehead atoms. The Labute approximate surface area is 127 Å². The minimum absolute atomic E-state index is 0.634. The van der Waals surface area contributed by atoms with E-state index in [9.17, 15) is 0 Å². The summed E-state index contributed by atoms with van der Waals surface area (Å²) < 4.78 is 10.7. The summed E-state index contributed by atoms with van der Waals surface area (Å²) >= 11 is 0. The lowest BCUT2D eigenvalue weighted by Gasteiger charge is -2.43. The second-order valence-corrected chi connectivity index (χ2v) is 6.15. The van der Waals surface area contributed by atoms with Gasteiger partial charge in [-0.15, -0.1) is 0 Å². The molecule has 0 N–H and O–H groups in total. The Kier molecular flexibility index (Phi) is 4.36. The molecular formula is C17H26N2O2. The summed E-state index contributed by atoms with van der Waals surface area (Å²) in [4.78, 5) is 5.27. The van der Waals surface area contributed by atoms with Gasteiger partial charge in [0.2, 0.25) is 0 Å². The normalized spacial score (nSPS) is 26.6. The number of nitrogens with zero attached hydrogens (tertiary/aromatic N) is 2. The summed E-state index contributed by atoms with van der Waals surface area (Å²) in [6, 6.07) is 7.64. The van der Waals surface area contributed by atoms with Gasteiger partial charge in [0.25, 0.3) is 0 Å². The molecule has 21 heavy (non-hydrogen) atoms. The first-order valence-electron chi connectivity index (χ1n) is 7.92. The molecule has 0 unspecified atom stereocenters. The van der Waals surface area contributed by atoms with Gasteiger partial charge in [-0.25, -0.2) is 0 Å². The Hall–Kier alpha value is -1.26. The van der Waals surface area contributed by atoms with Gasteiger partial charge in [0.1, 0.15) is 0 Å². The quantitative estimate of drug-likeness (QED) is 0.850. The van der Waals surface area contributed by atoms with Crippen LogP contribution >= 0.6 is 0 Å². The monoisotopic (exact) mass is 290 g/mol. The maximum absolute atomic E-state index is 5.41. The van der Waals surface area contributed by atoms with E-state index in [0.29, 0.717) is 6.04 Å². The van der Waals surface area contributed by atoms with E-state index in [1.54, 1.807) is 14.2 Å². The van der Waals surface area contributed by atoms with Crippen LogP contribution in [-0.4, -0.2) is 55.7 Å². The Morgan fingerprint density at radius 2 is 1.90 bits per heavy atom. The number of fused-ring (bicyclic) bond motifs is 1. The molecule has 0 saturated carbocycles. The Bertz CT molecular complexity index is 492. The molecule has 3 rings (SSSR count). The zero-order valence-corrected chi connectivity index (χ0v) is 13.3. The van der Waals surface area contributed by atoms with E-state index in [1.807, 2.05) is 6.07 Å². The SMILES string of the molecule is COc1ccc(CN2CCN3CCC[C@H]3[C@H]2C)cc1OC. The zero-order chi connectivity index (χ0) is 14.8. The predicted molar refractivity (Wildman–Crippen MR) is 84.0 cm³/mol. The molecule has 2 fully saturated rings. The van der Waals surface area contributed by atoms with Crippen LogP contribution < -0.4 is 9.47 Å². The number of hydrogen-bond donors (Lipinski definition) is 0. The van der Waals surface area contributed by atoms with Crippen molar-refractivity contribution >= 4 is 0 Å². The minimum atomic E-state index is 0.634. The molecule has 0 spiro atoms. The van der Waals surface area contributed by atoms with Gasteiger partial charge < -0.3 is 9.47 Å². The smallest absolute Gasteiger partial charge is 0.161 e. The molecule has 0 aliphatic carbocycles. The summed E-state index contributed by atoms with van der Waals surface area (Å²) in [6.07, 6.45) is 2.71. The van der Waals surface area contributed by atoms with Crippen LogP contribution in [-0.2, 0) is 6.54 Å². The van der Waals surface area contributed by atoms with Crippen molar-refractivity contribution in [3.8, 4) is 11.5 Å². The third-order valence-corrected chi connectivity index (χ3v) is 5.06. The van der Waals surface area contributed by atoms with Crippen LogP contribution in [0.15, 0.2) is 18.2 Å². The van der Waals surface area contributed by atoms with Crippen LogP contribution in [0.3, 0.4) is 0 Å². The second-order valence-electron chi connectivity index (χ2n) is 6.15. The lowest BCUT2D eigenvalue weighted by molar-refractivity contribution is 0.0470. The first kappa shape index (κ1) is 14.7. The number of benzene rings is 1. The maximum atomic E-state index is 5.41. The van der Waals surface area contributed by atoms with Gasteiger partial charge in [0.15, 0.2) is 11.5 Å². The highest BCUT2D eigenvalue weighted by atomic mass is 16.5. The van der Waals surface area contributed by atoms with E-state index in [4.69, 9.17) is 9.47 Å². The van der Waals surface area contributed by atoms with Gasteiger partial charge in [-0.1, -0.05) is 6.07 Å². The van der Waals surface area contributed by atoms with Crippen LogP contribution in [0.5, 0.6) is 11.5 Å². The van der Waals surface area contributed by atoms with Crippen molar-refractivity contribution in [1.82, 2.24) is 9.80 Å². The van der Waals surface area contributed by atoms with Gasteiger partial charge in [0.05, 0.1) is 14.2 Å². The van der Waals surface area contributed by atoms with Crippen molar-refractivity contribution in [1.29, 1.82) is 0 Å². The molecule has 2 heterocycles. The van der Waals surface area contributed by atoms with E-state index >= 15 is 0 Å². The third-order valence-electron chi connectivity index (χ3n) is 5.06. The van der Waals surface area contributed by atoms with Crippen molar-refractivity contribution in [2.24, 2.45) is 0 Å². The largest absolute Gasteiger partial charge is 0.493 e. The first-order valence-corrected chi connectivity index (χ1v) is 7.92. The number of methoxy groups -OCH3 is 2. The highest BCUT2D eigenvalue weighted by Crippen LogP contribution is 2.31. The topological polar surface area (TPSA) is 24.9 Å². The van der Waals surface area contributed by atoms with Crippen molar-refractivity contribution in [2.75, 3.05) is 33.9 Å². The molecule has 0 amide bonds. The predicted octanol–water partition coefficient (Wildman–Crippen LogP) is 2.37. The summed E-state index contributed by atoms with van der Waals surface area (Å²) in [5, 5.41) is 0. The van der Waals surface area contributed by atoms with Crippen LogP contribution in [0.1, 0.15) is 25.3 Å². The average Bonchev–Trinajstić information content (AvgIpc) is 2.99. The van der Waals surface area contributed by atoms with Gasteiger partial charge in [-0.2, -0.15) is 0 Å². The molecule has 2 aliphatic heterocycles. The number of piperazine rings is 1. The van der Waals surface area contributed by atoms with Gasteiger partial charge >= 0.3 is 0 Å². The molecule has 2 atom stereocenters. The Morgan fingerprint density at radius 1 is 1.10 bits per heavy atom. The van der Waals surface area contributed by atoms with Gasteiger partial charge in [-0.05, 0) is 44.0 Å². The molecule has 116 valence electrons. The third kappa shape index (κ3) is 2.87. The molecule has 0 radical (unpaired) electrons. The fourth-order valence-electron chi connectivity index (χ4n) is 3.82. The van der Waals surface area contributed by atoms with Crippen LogP contribution in [0.25, 0.3) is 0 Å². The number of ether oxygens (including phenoxy) is 2. The summed E-state index contributed by atoms with van der Waals surface area (Å²) in [5.74, 6) is 1.62. The van der Waals surface area contributed by atoms with E-state index in [1.165, 1.54) is 31.5 Å².